The molecule has 0 bridgehead atoms. The molecule has 0 aliphatic carbocycles. The van der Waals surface area contributed by atoms with Crippen molar-refractivity contribution in [1.82, 2.24) is 4.98 Å². The van der Waals surface area contributed by atoms with Gasteiger partial charge in [-0.1, -0.05) is 23.9 Å². The van der Waals surface area contributed by atoms with E-state index in [-0.39, 0.29) is 16.1 Å². The third-order valence-corrected chi connectivity index (χ3v) is 4.21. The molecule has 1 aromatic heterocycles. The van der Waals surface area contributed by atoms with Crippen LogP contribution in [0.1, 0.15) is 0 Å². The molecular weight excluding hydrogens is 324 g/mol. The first-order valence-electron chi connectivity index (χ1n) is 5.05. The summed E-state index contributed by atoms with van der Waals surface area (Å²) in [7, 11) is 0. The Bertz CT molecular complexity index is 607. The zero-order chi connectivity index (χ0) is 15.0. The van der Waals surface area contributed by atoms with Gasteiger partial charge in [0.15, 0.2) is 4.34 Å². The largest absolute Gasteiger partial charge is 0.422 e. The molecule has 1 heterocycles. The third kappa shape index (κ3) is 3.89. The van der Waals surface area contributed by atoms with Crippen molar-refractivity contribution in [3.8, 4) is 0 Å². The number of nitrogens with zero attached hydrogens (tertiary/aromatic N) is 1. The number of allylic oxidation sites excluding steroid dienone is 2. The van der Waals surface area contributed by atoms with E-state index >= 15 is 0 Å². The number of thiazole rings is 1. The van der Waals surface area contributed by atoms with Crippen molar-refractivity contribution in [3.05, 3.63) is 35.2 Å². The number of halogens is 6. The predicted molar refractivity (Wildman–Crippen MR) is 65.7 cm³/mol. The summed E-state index contributed by atoms with van der Waals surface area (Å²) in [5, 5.41) is 0. The molecule has 2 rings (SSSR count). The van der Waals surface area contributed by atoms with E-state index in [0.29, 0.717) is 10.2 Å². The van der Waals surface area contributed by atoms with Crippen LogP contribution < -0.4 is 0 Å². The number of para-hydroxylation sites is 1. The molecule has 0 unspecified atom stereocenters. The van der Waals surface area contributed by atoms with Crippen molar-refractivity contribution in [3.63, 3.8) is 0 Å². The summed E-state index contributed by atoms with van der Waals surface area (Å²) in [5.41, 5.74) is 0.452. The second kappa shape index (κ2) is 5.28. The van der Waals surface area contributed by atoms with Gasteiger partial charge in [0.05, 0.1) is 10.2 Å². The van der Waals surface area contributed by atoms with E-state index in [2.05, 4.69) is 4.98 Å². The molecule has 0 N–H and O–H groups in total. The first-order chi connectivity index (χ1) is 9.15. The van der Waals surface area contributed by atoms with Crippen LogP contribution in [-0.2, 0) is 0 Å². The number of aromatic nitrogens is 1. The first-order valence-corrected chi connectivity index (χ1v) is 6.69. The van der Waals surface area contributed by atoms with Crippen LogP contribution >= 0.6 is 23.1 Å². The Hall–Kier alpha value is -1.22. The minimum absolute atomic E-state index is 0.0282. The Morgan fingerprint density at radius 2 is 1.75 bits per heavy atom. The van der Waals surface area contributed by atoms with Crippen LogP contribution in [0.3, 0.4) is 0 Å². The SMILES string of the molecule is FC(F)(F)/C=C(\Sc1nc2ccccc2s1)C(F)(F)F. The lowest BCUT2D eigenvalue weighted by molar-refractivity contribution is -0.101. The Labute approximate surface area is 117 Å². The maximum absolute atomic E-state index is 12.6. The van der Waals surface area contributed by atoms with Crippen LogP contribution in [0.25, 0.3) is 10.2 Å². The van der Waals surface area contributed by atoms with Crippen LogP contribution in [0.4, 0.5) is 26.3 Å². The molecule has 0 aliphatic rings. The molecule has 20 heavy (non-hydrogen) atoms. The van der Waals surface area contributed by atoms with Gasteiger partial charge in [-0.25, -0.2) is 4.98 Å². The molecular formula is C11H5F6NS2. The minimum Gasteiger partial charge on any atom is -0.229 e. The van der Waals surface area contributed by atoms with Crippen molar-refractivity contribution in [2.45, 2.75) is 16.7 Å². The van der Waals surface area contributed by atoms with Crippen molar-refractivity contribution in [2.75, 3.05) is 0 Å². The van der Waals surface area contributed by atoms with Crippen molar-refractivity contribution in [1.29, 1.82) is 0 Å². The number of hydrogen-bond acceptors (Lipinski definition) is 3. The van der Waals surface area contributed by atoms with Gasteiger partial charge in [-0.15, -0.1) is 11.3 Å². The van der Waals surface area contributed by atoms with E-state index < -0.39 is 23.3 Å². The number of alkyl halides is 6. The highest BCUT2D eigenvalue weighted by molar-refractivity contribution is 8.04. The van der Waals surface area contributed by atoms with Gasteiger partial charge in [-0.3, -0.25) is 0 Å². The first kappa shape index (κ1) is 15.2. The lowest BCUT2D eigenvalue weighted by Gasteiger charge is -2.10. The zero-order valence-corrected chi connectivity index (χ0v) is 11.1. The van der Waals surface area contributed by atoms with Gasteiger partial charge in [-0.2, -0.15) is 26.3 Å². The molecule has 0 saturated carbocycles. The normalized spacial score (nSPS) is 14.0. The third-order valence-electron chi connectivity index (χ3n) is 2.05. The Balaban J connectivity index is 2.35. The Morgan fingerprint density at radius 1 is 1.10 bits per heavy atom. The highest BCUT2D eigenvalue weighted by Gasteiger charge is 2.39. The molecule has 0 amide bonds. The Kier molecular flexibility index (Phi) is 4.01. The number of thioether (sulfide) groups is 1. The van der Waals surface area contributed by atoms with Crippen LogP contribution in [-0.4, -0.2) is 17.3 Å². The highest BCUT2D eigenvalue weighted by atomic mass is 32.2. The highest BCUT2D eigenvalue weighted by Crippen LogP contribution is 2.43. The molecule has 1 nitrogen and oxygen atoms in total. The van der Waals surface area contributed by atoms with E-state index in [4.69, 9.17) is 0 Å². The van der Waals surface area contributed by atoms with E-state index in [1.807, 2.05) is 0 Å². The van der Waals surface area contributed by atoms with Crippen LogP contribution in [0, 0.1) is 0 Å². The zero-order valence-electron chi connectivity index (χ0n) is 9.42. The fourth-order valence-corrected chi connectivity index (χ4v) is 3.35. The number of fused-ring (bicyclic) bond motifs is 1. The molecule has 9 heteroatoms. The van der Waals surface area contributed by atoms with E-state index in [9.17, 15) is 26.3 Å². The topological polar surface area (TPSA) is 12.9 Å². The monoisotopic (exact) mass is 329 g/mol. The maximum Gasteiger partial charge on any atom is 0.422 e. The lowest BCUT2D eigenvalue weighted by atomic mass is 10.3. The van der Waals surface area contributed by atoms with Crippen LogP contribution in [0.2, 0.25) is 0 Å². The Morgan fingerprint density at radius 3 is 2.30 bits per heavy atom. The maximum atomic E-state index is 12.6. The molecule has 0 radical (unpaired) electrons. The fourth-order valence-electron chi connectivity index (χ4n) is 1.31. The molecule has 0 spiro atoms. The van der Waals surface area contributed by atoms with E-state index in [1.165, 1.54) is 0 Å². The quantitative estimate of drug-likeness (QED) is 0.541. The van der Waals surface area contributed by atoms with E-state index in [0.717, 1.165) is 11.3 Å². The summed E-state index contributed by atoms with van der Waals surface area (Å²) < 4.78 is 74.7. The molecule has 0 saturated heterocycles. The molecule has 2 aromatic rings. The van der Waals surface area contributed by atoms with E-state index in [1.54, 1.807) is 24.3 Å². The van der Waals surface area contributed by atoms with Gasteiger partial charge in [-0.05, 0) is 12.1 Å². The van der Waals surface area contributed by atoms with Crippen molar-refractivity contribution >= 4 is 33.3 Å². The van der Waals surface area contributed by atoms with Gasteiger partial charge < -0.3 is 0 Å². The van der Waals surface area contributed by atoms with Crippen molar-refractivity contribution in [2.24, 2.45) is 0 Å². The summed E-state index contributed by atoms with van der Waals surface area (Å²) in [5.74, 6) is 0. The molecule has 0 fully saturated rings. The number of benzene rings is 1. The lowest BCUT2D eigenvalue weighted by Crippen LogP contribution is -2.14. The molecule has 0 aliphatic heterocycles. The van der Waals surface area contributed by atoms with Gasteiger partial charge >= 0.3 is 12.4 Å². The van der Waals surface area contributed by atoms with Gasteiger partial charge in [0, 0.05) is 6.08 Å². The molecule has 108 valence electrons. The predicted octanol–water partition coefficient (Wildman–Crippen LogP) is 5.40. The smallest absolute Gasteiger partial charge is 0.229 e. The summed E-state index contributed by atoms with van der Waals surface area (Å²) >= 11 is 0.883. The van der Waals surface area contributed by atoms with Gasteiger partial charge in [0.1, 0.15) is 4.91 Å². The van der Waals surface area contributed by atoms with Gasteiger partial charge in [0.25, 0.3) is 0 Å². The average Bonchev–Trinajstić information content (AvgIpc) is 2.67. The summed E-state index contributed by atoms with van der Waals surface area (Å²) in [6.07, 6.45) is -10.9. The summed E-state index contributed by atoms with van der Waals surface area (Å²) in [6, 6.07) is 6.53. The average molecular weight is 329 g/mol. The fraction of sp³-hybridized carbons (Fsp3) is 0.182. The standard InChI is InChI=1S/C11H5F6NS2/c12-10(13,14)5-8(11(15,16)17)20-9-18-6-3-1-2-4-7(6)19-9/h1-5H/b8-5-. The number of rotatable bonds is 2. The summed E-state index contributed by atoms with van der Waals surface area (Å²) in [4.78, 5) is 2.14. The second-order valence-corrected chi connectivity index (χ2v) is 5.92. The second-order valence-electron chi connectivity index (χ2n) is 3.60. The van der Waals surface area contributed by atoms with Crippen molar-refractivity contribution < 1.29 is 26.3 Å². The molecule has 0 atom stereocenters. The number of hydrogen-bond donors (Lipinski definition) is 0. The summed E-state index contributed by atoms with van der Waals surface area (Å²) in [6.45, 7) is 0. The van der Waals surface area contributed by atoms with Crippen LogP contribution in [0.15, 0.2) is 39.6 Å². The van der Waals surface area contributed by atoms with Crippen LogP contribution in [0.5, 0.6) is 0 Å². The minimum atomic E-state index is -5.07. The van der Waals surface area contributed by atoms with Gasteiger partial charge in [0.2, 0.25) is 0 Å². The molecule has 1 aromatic carbocycles.